The van der Waals surface area contributed by atoms with E-state index in [0.717, 1.165) is 30.4 Å². The van der Waals surface area contributed by atoms with Crippen LogP contribution in [0.15, 0.2) is 24.3 Å². The molecule has 0 spiro atoms. The van der Waals surface area contributed by atoms with Crippen molar-refractivity contribution in [2.24, 2.45) is 0 Å². The molecular weight excluding hydrogens is 238 g/mol. The summed E-state index contributed by atoms with van der Waals surface area (Å²) in [7, 11) is 0. The lowest BCUT2D eigenvalue weighted by molar-refractivity contribution is 0.0714. The molecule has 0 heterocycles. The fourth-order valence-corrected chi connectivity index (χ4v) is 2.14. The van der Waals surface area contributed by atoms with Crippen LogP contribution >= 0.6 is 0 Å². The normalized spacial score (nSPS) is 15.9. The summed E-state index contributed by atoms with van der Waals surface area (Å²) in [5, 5.41) is 12.8. The third-order valence-corrected chi connectivity index (χ3v) is 3.66. The number of hydrogen-bond acceptors (Lipinski definition) is 2. The standard InChI is InChI=1S/C16H23NO2/c1-16(2,19)10-9-12-5-3-6-13(11-12)15(18)17-14-7-4-8-14/h3,5-6,11,14,19H,4,7-10H2,1-2H3,(H,17,18). The van der Waals surface area contributed by atoms with Crippen molar-refractivity contribution < 1.29 is 9.90 Å². The summed E-state index contributed by atoms with van der Waals surface area (Å²) in [5.41, 5.74) is 1.16. The SMILES string of the molecule is CC(C)(O)CCc1cccc(C(=O)NC2CCC2)c1. The van der Waals surface area contributed by atoms with E-state index >= 15 is 0 Å². The molecule has 2 rings (SSSR count). The van der Waals surface area contributed by atoms with Crippen LogP contribution in [0.5, 0.6) is 0 Å². The Hall–Kier alpha value is -1.35. The van der Waals surface area contributed by atoms with Gasteiger partial charge in [-0.05, 0) is 63.6 Å². The molecule has 19 heavy (non-hydrogen) atoms. The minimum absolute atomic E-state index is 0.0230. The van der Waals surface area contributed by atoms with Crippen LogP contribution in [0.4, 0.5) is 0 Å². The Kier molecular flexibility index (Phi) is 4.25. The highest BCUT2D eigenvalue weighted by Gasteiger charge is 2.20. The maximum Gasteiger partial charge on any atom is 0.251 e. The molecule has 0 aliphatic heterocycles. The first kappa shape index (κ1) is 14.1. The average Bonchev–Trinajstić information content (AvgIpc) is 2.30. The molecule has 3 nitrogen and oxygen atoms in total. The highest BCUT2D eigenvalue weighted by molar-refractivity contribution is 5.94. The van der Waals surface area contributed by atoms with Gasteiger partial charge in [-0.3, -0.25) is 4.79 Å². The van der Waals surface area contributed by atoms with Crippen LogP contribution in [0.25, 0.3) is 0 Å². The summed E-state index contributed by atoms with van der Waals surface area (Å²) in [5.74, 6) is 0.0230. The molecule has 1 aromatic rings. The Labute approximate surface area is 115 Å². The van der Waals surface area contributed by atoms with E-state index in [1.807, 2.05) is 24.3 Å². The quantitative estimate of drug-likeness (QED) is 0.856. The van der Waals surface area contributed by atoms with E-state index in [9.17, 15) is 9.90 Å². The predicted molar refractivity (Wildman–Crippen MR) is 76.2 cm³/mol. The summed E-state index contributed by atoms with van der Waals surface area (Å²) in [6.45, 7) is 3.61. The van der Waals surface area contributed by atoms with Crippen molar-refractivity contribution in [3.05, 3.63) is 35.4 Å². The number of nitrogens with one attached hydrogen (secondary N) is 1. The molecule has 1 amide bonds. The minimum Gasteiger partial charge on any atom is -0.390 e. The summed E-state index contributed by atoms with van der Waals surface area (Å²) in [6, 6.07) is 8.07. The lowest BCUT2D eigenvalue weighted by Crippen LogP contribution is -2.39. The number of rotatable bonds is 5. The molecule has 3 heteroatoms. The summed E-state index contributed by atoms with van der Waals surface area (Å²) < 4.78 is 0. The molecule has 0 aromatic heterocycles. The van der Waals surface area contributed by atoms with Crippen LogP contribution in [0, 0.1) is 0 Å². The van der Waals surface area contributed by atoms with Crippen LogP contribution in [0.3, 0.4) is 0 Å². The second-order valence-electron chi connectivity index (χ2n) is 6.11. The first-order valence-electron chi connectivity index (χ1n) is 7.06. The van der Waals surface area contributed by atoms with Gasteiger partial charge in [-0.2, -0.15) is 0 Å². The first-order chi connectivity index (χ1) is 8.94. The van der Waals surface area contributed by atoms with E-state index in [0.29, 0.717) is 12.5 Å². The number of hydrogen-bond donors (Lipinski definition) is 2. The average molecular weight is 261 g/mol. The Morgan fingerprint density at radius 3 is 2.74 bits per heavy atom. The zero-order valence-corrected chi connectivity index (χ0v) is 11.8. The second-order valence-corrected chi connectivity index (χ2v) is 6.11. The van der Waals surface area contributed by atoms with E-state index in [2.05, 4.69) is 5.32 Å². The van der Waals surface area contributed by atoms with Crippen molar-refractivity contribution in [1.29, 1.82) is 0 Å². The molecule has 0 unspecified atom stereocenters. The van der Waals surface area contributed by atoms with Gasteiger partial charge < -0.3 is 10.4 Å². The van der Waals surface area contributed by atoms with Gasteiger partial charge in [-0.25, -0.2) is 0 Å². The molecule has 104 valence electrons. The van der Waals surface area contributed by atoms with Crippen LogP contribution < -0.4 is 5.32 Å². The second kappa shape index (κ2) is 5.74. The number of carbonyl (C=O) groups excluding carboxylic acids is 1. The summed E-state index contributed by atoms with van der Waals surface area (Å²) in [4.78, 5) is 12.0. The maximum atomic E-state index is 12.0. The molecule has 1 fully saturated rings. The third-order valence-electron chi connectivity index (χ3n) is 3.66. The van der Waals surface area contributed by atoms with Gasteiger partial charge in [-0.1, -0.05) is 12.1 Å². The van der Waals surface area contributed by atoms with Gasteiger partial charge in [0.05, 0.1) is 5.60 Å². The Morgan fingerprint density at radius 2 is 2.16 bits per heavy atom. The Balaban J connectivity index is 1.95. The molecule has 0 saturated heterocycles. The van der Waals surface area contributed by atoms with E-state index in [-0.39, 0.29) is 5.91 Å². The fraction of sp³-hybridized carbons (Fsp3) is 0.562. The predicted octanol–water partition coefficient (Wildman–Crippen LogP) is 2.67. The topological polar surface area (TPSA) is 49.3 Å². The van der Waals surface area contributed by atoms with Gasteiger partial charge in [0.15, 0.2) is 0 Å². The molecule has 1 aliphatic rings. The van der Waals surface area contributed by atoms with E-state index in [4.69, 9.17) is 0 Å². The lowest BCUT2D eigenvalue weighted by atomic mass is 9.92. The largest absolute Gasteiger partial charge is 0.390 e. The van der Waals surface area contributed by atoms with Gasteiger partial charge in [-0.15, -0.1) is 0 Å². The van der Waals surface area contributed by atoms with Crippen LogP contribution in [-0.2, 0) is 6.42 Å². The molecule has 0 bridgehead atoms. The molecule has 1 aromatic carbocycles. The van der Waals surface area contributed by atoms with Gasteiger partial charge >= 0.3 is 0 Å². The molecule has 0 radical (unpaired) electrons. The smallest absolute Gasteiger partial charge is 0.251 e. The number of aryl methyl sites for hydroxylation is 1. The van der Waals surface area contributed by atoms with Crippen molar-refractivity contribution in [2.45, 2.75) is 57.6 Å². The zero-order chi connectivity index (χ0) is 13.9. The summed E-state index contributed by atoms with van der Waals surface area (Å²) >= 11 is 0. The van der Waals surface area contributed by atoms with Crippen molar-refractivity contribution in [1.82, 2.24) is 5.32 Å². The maximum absolute atomic E-state index is 12.0. The monoisotopic (exact) mass is 261 g/mol. The number of amides is 1. The van der Waals surface area contributed by atoms with Gasteiger partial charge in [0.1, 0.15) is 0 Å². The third kappa shape index (κ3) is 4.35. The van der Waals surface area contributed by atoms with E-state index in [1.54, 1.807) is 13.8 Å². The van der Waals surface area contributed by atoms with Crippen molar-refractivity contribution >= 4 is 5.91 Å². The highest BCUT2D eigenvalue weighted by atomic mass is 16.3. The fourth-order valence-electron chi connectivity index (χ4n) is 2.14. The summed E-state index contributed by atoms with van der Waals surface area (Å²) in [6.07, 6.45) is 4.90. The van der Waals surface area contributed by atoms with E-state index in [1.165, 1.54) is 6.42 Å². The van der Waals surface area contributed by atoms with Crippen molar-refractivity contribution in [2.75, 3.05) is 0 Å². The molecule has 0 atom stereocenters. The van der Waals surface area contributed by atoms with Crippen molar-refractivity contribution in [3.8, 4) is 0 Å². The van der Waals surface area contributed by atoms with E-state index < -0.39 is 5.60 Å². The Bertz CT molecular complexity index is 444. The Morgan fingerprint density at radius 1 is 1.42 bits per heavy atom. The first-order valence-corrected chi connectivity index (χ1v) is 7.06. The van der Waals surface area contributed by atoms with Gasteiger partial charge in [0, 0.05) is 11.6 Å². The lowest BCUT2D eigenvalue weighted by Gasteiger charge is -2.26. The molecular formula is C16H23NO2. The molecule has 1 saturated carbocycles. The minimum atomic E-state index is -0.663. The zero-order valence-electron chi connectivity index (χ0n) is 11.8. The van der Waals surface area contributed by atoms with Crippen LogP contribution in [0.2, 0.25) is 0 Å². The van der Waals surface area contributed by atoms with Gasteiger partial charge in [0.2, 0.25) is 0 Å². The molecule has 1 aliphatic carbocycles. The van der Waals surface area contributed by atoms with Crippen LogP contribution in [-0.4, -0.2) is 22.7 Å². The number of benzene rings is 1. The number of carbonyl (C=O) groups is 1. The molecule has 2 N–H and O–H groups in total. The van der Waals surface area contributed by atoms with Crippen LogP contribution in [0.1, 0.15) is 55.5 Å². The van der Waals surface area contributed by atoms with Gasteiger partial charge in [0.25, 0.3) is 5.91 Å². The highest BCUT2D eigenvalue weighted by Crippen LogP contribution is 2.19. The number of aliphatic hydroxyl groups is 1. The van der Waals surface area contributed by atoms with Crippen molar-refractivity contribution in [3.63, 3.8) is 0 Å².